The van der Waals surface area contributed by atoms with Gasteiger partial charge in [0.2, 0.25) is 5.91 Å². The number of hydrogen-bond acceptors (Lipinski definition) is 4. The fraction of sp³-hybridized carbons (Fsp3) is 0.833. The second kappa shape index (κ2) is 7.33. The van der Waals surface area contributed by atoms with Crippen LogP contribution >= 0.6 is 0 Å². The topological polar surface area (TPSA) is 87.7 Å². The molecule has 0 aromatic rings. The minimum atomic E-state index is -0.895. The molecule has 6 heteroatoms. The number of morpholine rings is 1. The Bertz CT molecular complexity index is 288. The monoisotopic (exact) mass is 258 g/mol. The van der Waals surface area contributed by atoms with E-state index in [-0.39, 0.29) is 30.3 Å². The lowest BCUT2D eigenvalue weighted by Crippen LogP contribution is -2.47. The van der Waals surface area contributed by atoms with Crippen LogP contribution in [0.3, 0.4) is 0 Å². The van der Waals surface area contributed by atoms with E-state index in [1.807, 2.05) is 13.8 Å². The van der Waals surface area contributed by atoms with Crippen LogP contribution in [0.5, 0.6) is 0 Å². The zero-order valence-corrected chi connectivity index (χ0v) is 10.9. The van der Waals surface area contributed by atoms with Crippen LogP contribution in [0.2, 0.25) is 0 Å². The Hall–Kier alpha value is -1.14. The van der Waals surface area contributed by atoms with E-state index in [0.29, 0.717) is 19.6 Å². The number of ether oxygens (including phenoxy) is 1. The van der Waals surface area contributed by atoms with E-state index in [2.05, 4.69) is 10.6 Å². The van der Waals surface area contributed by atoms with E-state index in [0.717, 1.165) is 6.54 Å². The normalized spacial score (nSPS) is 21.6. The minimum Gasteiger partial charge on any atom is -0.481 e. The average Bonchev–Trinajstić information content (AvgIpc) is 2.28. The molecule has 0 aromatic heterocycles. The van der Waals surface area contributed by atoms with Crippen LogP contribution in [0.25, 0.3) is 0 Å². The molecule has 2 unspecified atom stereocenters. The van der Waals surface area contributed by atoms with Crippen molar-refractivity contribution in [2.45, 2.75) is 38.8 Å². The third kappa shape index (κ3) is 5.46. The third-order valence-electron chi connectivity index (χ3n) is 2.98. The van der Waals surface area contributed by atoms with E-state index in [1.165, 1.54) is 0 Å². The van der Waals surface area contributed by atoms with Crippen LogP contribution in [0.4, 0.5) is 0 Å². The number of amides is 1. The highest BCUT2D eigenvalue weighted by molar-refractivity contribution is 5.78. The summed E-state index contributed by atoms with van der Waals surface area (Å²) in [6, 6.07) is -0.295. The van der Waals surface area contributed by atoms with Crippen molar-refractivity contribution >= 4 is 11.9 Å². The van der Waals surface area contributed by atoms with E-state index in [4.69, 9.17) is 9.84 Å². The molecule has 0 spiro atoms. The van der Waals surface area contributed by atoms with E-state index < -0.39 is 5.97 Å². The van der Waals surface area contributed by atoms with Gasteiger partial charge in [-0.2, -0.15) is 0 Å². The van der Waals surface area contributed by atoms with Gasteiger partial charge in [-0.1, -0.05) is 13.8 Å². The molecule has 1 heterocycles. The fourth-order valence-electron chi connectivity index (χ4n) is 1.88. The summed E-state index contributed by atoms with van der Waals surface area (Å²) in [6.07, 6.45) is 0.279. The third-order valence-corrected chi connectivity index (χ3v) is 2.98. The molecule has 1 rings (SSSR count). The molecule has 1 aliphatic heterocycles. The van der Waals surface area contributed by atoms with Crippen molar-refractivity contribution in [2.24, 2.45) is 5.92 Å². The number of carbonyl (C=O) groups is 2. The van der Waals surface area contributed by atoms with Gasteiger partial charge >= 0.3 is 5.97 Å². The Labute approximate surface area is 107 Å². The lowest BCUT2D eigenvalue weighted by atomic mass is 10.0. The summed E-state index contributed by atoms with van der Waals surface area (Å²) in [5.41, 5.74) is 0. The Morgan fingerprint density at radius 3 is 2.72 bits per heavy atom. The Morgan fingerprint density at radius 1 is 1.50 bits per heavy atom. The molecule has 0 aliphatic carbocycles. The fourth-order valence-corrected chi connectivity index (χ4v) is 1.88. The number of nitrogens with one attached hydrogen (secondary N) is 2. The number of carboxylic acids is 1. The minimum absolute atomic E-state index is 0.0244. The van der Waals surface area contributed by atoms with Gasteiger partial charge in [0.25, 0.3) is 0 Å². The van der Waals surface area contributed by atoms with Gasteiger partial charge < -0.3 is 20.5 Å². The van der Waals surface area contributed by atoms with Crippen LogP contribution in [0.1, 0.15) is 26.7 Å². The number of carboxylic acid groups (broad SMARTS) is 1. The Balaban J connectivity index is 2.37. The molecule has 1 amide bonds. The van der Waals surface area contributed by atoms with E-state index >= 15 is 0 Å². The summed E-state index contributed by atoms with van der Waals surface area (Å²) >= 11 is 0. The maximum atomic E-state index is 11.8. The van der Waals surface area contributed by atoms with Crippen molar-refractivity contribution in [3.63, 3.8) is 0 Å². The van der Waals surface area contributed by atoms with Crippen LogP contribution < -0.4 is 10.6 Å². The lowest BCUT2D eigenvalue weighted by molar-refractivity contribution is -0.138. The standard InChI is InChI=1S/C12H22N2O4/c1-8(2)10(6-12(16)17)14-11(15)5-9-7-18-4-3-13-9/h8-10,13H,3-7H2,1-2H3,(H,14,15)(H,16,17). The van der Waals surface area contributed by atoms with Crippen LogP contribution in [0.15, 0.2) is 0 Å². The molecule has 1 saturated heterocycles. The van der Waals surface area contributed by atoms with Crippen LogP contribution in [-0.4, -0.2) is 48.8 Å². The molecule has 0 bridgehead atoms. The number of rotatable bonds is 6. The predicted octanol–water partition coefficient (Wildman–Crippen LogP) is -0.0196. The summed E-state index contributed by atoms with van der Waals surface area (Å²) in [5.74, 6) is -0.924. The lowest BCUT2D eigenvalue weighted by Gasteiger charge is -2.25. The van der Waals surface area contributed by atoms with Gasteiger partial charge in [-0.05, 0) is 5.92 Å². The van der Waals surface area contributed by atoms with Crippen LogP contribution in [0, 0.1) is 5.92 Å². The highest BCUT2D eigenvalue weighted by Crippen LogP contribution is 2.07. The van der Waals surface area contributed by atoms with Crippen LogP contribution in [-0.2, 0) is 14.3 Å². The summed E-state index contributed by atoms with van der Waals surface area (Å²) in [7, 11) is 0. The Kier molecular flexibility index (Phi) is 6.07. The zero-order chi connectivity index (χ0) is 13.5. The molecule has 0 saturated carbocycles. The van der Waals surface area contributed by atoms with Gasteiger partial charge in [0.15, 0.2) is 0 Å². The maximum Gasteiger partial charge on any atom is 0.305 e. The molecule has 0 aromatic carbocycles. The average molecular weight is 258 g/mol. The molecule has 6 nitrogen and oxygen atoms in total. The van der Waals surface area contributed by atoms with Gasteiger partial charge in [0.1, 0.15) is 0 Å². The number of carbonyl (C=O) groups excluding carboxylic acids is 1. The molecular formula is C12H22N2O4. The molecule has 2 atom stereocenters. The second-order valence-electron chi connectivity index (χ2n) is 4.95. The summed E-state index contributed by atoms with van der Waals surface area (Å²) in [6.45, 7) is 5.75. The van der Waals surface area contributed by atoms with Gasteiger partial charge in [-0.25, -0.2) is 0 Å². The van der Waals surface area contributed by atoms with E-state index in [1.54, 1.807) is 0 Å². The largest absolute Gasteiger partial charge is 0.481 e. The highest BCUT2D eigenvalue weighted by atomic mass is 16.5. The second-order valence-corrected chi connectivity index (χ2v) is 4.95. The van der Waals surface area contributed by atoms with Crippen molar-refractivity contribution in [3.05, 3.63) is 0 Å². The highest BCUT2D eigenvalue weighted by Gasteiger charge is 2.22. The van der Waals surface area contributed by atoms with Gasteiger partial charge in [0, 0.05) is 25.0 Å². The number of aliphatic carboxylic acids is 1. The molecule has 104 valence electrons. The SMILES string of the molecule is CC(C)C(CC(=O)O)NC(=O)CC1COCCN1. The summed E-state index contributed by atoms with van der Waals surface area (Å²) in [5, 5.41) is 14.8. The first-order valence-electron chi connectivity index (χ1n) is 6.31. The quantitative estimate of drug-likeness (QED) is 0.623. The smallest absolute Gasteiger partial charge is 0.305 e. The van der Waals surface area contributed by atoms with Crippen molar-refractivity contribution in [2.75, 3.05) is 19.8 Å². The first-order chi connectivity index (χ1) is 8.49. The Morgan fingerprint density at radius 2 is 2.22 bits per heavy atom. The van der Waals surface area contributed by atoms with E-state index in [9.17, 15) is 9.59 Å². The first kappa shape index (κ1) is 14.9. The molecule has 0 radical (unpaired) electrons. The molecule has 3 N–H and O–H groups in total. The first-order valence-corrected chi connectivity index (χ1v) is 6.31. The van der Waals surface area contributed by atoms with Crippen molar-refractivity contribution < 1.29 is 19.4 Å². The molecular weight excluding hydrogens is 236 g/mol. The zero-order valence-electron chi connectivity index (χ0n) is 10.9. The predicted molar refractivity (Wildman–Crippen MR) is 66.2 cm³/mol. The van der Waals surface area contributed by atoms with Crippen molar-refractivity contribution in [3.8, 4) is 0 Å². The molecule has 1 aliphatic rings. The van der Waals surface area contributed by atoms with Crippen molar-refractivity contribution in [1.29, 1.82) is 0 Å². The van der Waals surface area contributed by atoms with Gasteiger partial charge in [0.05, 0.1) is 19.6 Å². The van der Waals surface area contributed by atoms with Gasteiger partial charge in [-0.3, -0.25) is 9.59 Å². The molecule has 18 heavy (non-hydrogen) atoms. The summed E-state index contributed by atoms with van der Waals surface area (Å²) < 4.78 is 5.26. The van der Waals surface area contributed by atoms with Gasteiger partial charge in [-0.15, -0.1) is 0 Å². The number of hydrogen-bond donors (Lipinski definition) is 3. The maximum absolute atomic E-state index is 11.8. The summed E-state index contributed by atoms with van der Waals surface area (Å²) in [4.78, 5) is 22.5. The molecule has 1 fully saturated rings. The van der Waals surface area contributed by atoms with Crippen molar-refractivity contribution in [1.82, 2.24) is 10.6 Å².